The lowest BCUT2D eigenvalue weighted by molar-refractivity contribution is 0.513. The molecule has 2 heterocycles. The highest BCUT2D eigenvalue weighted by atomic mass is 32.1. The molecule has 0 spiro atoms. The van der Waals surface area contributed by atoms with E-state index in [1.807, 2.05) is 14.1 Å². The summed E-state index contributed by atoms with van der Waals surface area (Å²) in [5.74, 6) is 0. The summed E-state index contributed by atoms with van der Waals surface area (Å²) in [6.07, 6.45) is 1.07. The van der Waals surface area contributed by atoms with Crippen LogP contribution in [-0.4, -0.2) is 25.1 Å². The molecule has 1 aromatic rings. The van der Waals surface area contributed by atoms with E-state index in [1.165, 1.54) is 10.6 Å². The zero-order valence-corrected chi connectivity index (χ0v) is 9.11. The molecule has 1 aromatic heterocycles. The van der Waals surface area contributed by atoms with Crippen molar-refractivity contribution in [2.45, 2.75) is 25.9 Å². The summed E-state index contributed by atoms with van der Waals surface area (Å²) in [5, 5.41) is 4.57. The molecular formula is C9H15N3S. The first-order valence-corrected chi connectivity index (χ1v) is 5.37. The highest BCUT2D eigenvalue weighted by Gasteiger charge is 2.19. The summed E-state index contributed by atoms with van der Waals surface area (Å²) in [6.45, 7) is 3.19. The molecule has 2 rings (SSSR count). The Morgan fingerprint density at radius 1 is 1.54 bits per heavy atom. The van der Waals surface area contributed by atoms with Crippen molar-refractivity contribution in [2.24, 2.45) is 0 Å². The molecule has 0 bridgehead atoms. The Morgan fingerprint density at radius 2 is 2.31 bits per heavy atom. The smallest absolute Gasteiger partial charge is 0.185 e. The van der Waals surface area contributed by atoms with E-state index < -0.39 is 0 Å². The summed E-state index contributed by atoms with van der Waals surface area (Å²) in [5.41, 5.74) is 1.29. The predicted octanol–water partition coefficient (Wildman–Crippen LogP) is 1.24. The molecule has 72 valence electrons. The molecule has 1 atom stereocenters. The lowest BCUT2D eigenvalue weighted by Crippen LogP contribution is -2.32. The van der Waals surface area contributed by atoms with Crippen LogP contribution in [0, 0.1) is 0 Å². The van der Waals surface area contributed by atoms with Crippen molar-refractivity contribution in [1.29, 1.82) is 0 Å². The van der Waals surface area contributed by atoms with Gasteiger partial charge in [0.1, 0.15) is 0 Å². The quantitative estimate of drug-likeness (QED) is 0.734. The Balaban J connectivity index is 2.28. The normalized spacial score (nSPS) is 21.3. The van der Waals surface area contributed by atoms with Gasteiger partial charge in [-0.05, 0) is 6.92 Å². The van der Waals surface area contributed by atoms with Crippen molar-refractivity contribution in [1.82, 2.24) is 10.3 Å². The summed E-state index contributed by atoms with van der Waals surface area (Å²) >= 11 is 1.80. The van der Waals surface area contributed by atoms with Gasteiger partial charge < -0.3 is 10.2 Å². The summed E-state index contributed by atoms with van der Waals surface area (Å²) in [4.78, 5) is 8.09. The Hall–Kier alpha value is -0.610. The van der Waals surface area contributed by atoms with Crippen LogP contribution in [0.15, 0.2) is 0 Å². The van der Waals surface area contributed by atoms with Gasteiger partial charge in [-0.2, -0.15) is 0 Å². The van der Waals surface area contributed by atoms with Gasteiger partial charge in [-0.25, -0.2) is 4.98 Å². The van der Waals surface area contributed by atoms with Crippen LogP contribution < -0.4 is 10.2 Å². The van der Waals surface area contributed by atoms with Gasteiger partial charge in [-0.3, -0.25) is 0 Å². The zero-order valence-electron chi connectivity index (χ0n) is 8.29. The van der Waals surface area contributed by atoms with Crippen LogP contribution >= 0.6 is 11.3 Å². The van der Waals surface area contributed by atoms with Crippen LogP contribution in [0.5, 0.6) is 0 Å². The lowest BCUT2D eigenvalue weighted by atomic mass is 10.1. The fourth-order valence-corrected chi connectivity index (χ4v) is 2.45. The van der Waals surface area contributed by atoms with E-state index in [2.05, 4.69) is 22.1 Å². The second-order valence-electron chi connectivity index (χ2n) is 3.75. The van der Waals surface area contributed by atoms with Crippen molar-refractivity contribution >= 4 is 16.5 Å². The summed E-state index contributed by atoms with van der Waals surface area (Å²) in [7, 11) is 4.09. The number of nitrogens with zero attached hydrogens (tertiary/aromatic N) is 2. The minimum atomic E-state index is 0.574. The molecule has 0 saturated carbocycles. The number of nitrogens with one attached hydrogen (secondary N) is 1. The van der Waals surface area contributed by atoms with E-state index in [4.69, 9.17) is 0 Å². The predicted molar refractivity (Wildman–Crippen MR) is 56.4 cm³/mol. The van der Waals surface area contributed by atoms with E-state index in [-0.39, 0.29) is 0 Å². The first-order chi connectivity index (χ1) is 6.16. The second-order valence-corrected chi connectivity index (χ2v) is 4.81. The highest BCUT2D eigenvalue weighted by Crippen LogP contribution is 2.27. The number of hydrogen-bond acceptors (Lipinski definition) is 4. The van der Waals surface area contributed by atoms with E-state index in [9.17, 15) is 0 Å². The number of hydrogen-bond donors (Lipinski definition) is 1. The van der Waals surface area contributed by atoms with E-state index in [0.29, 0.717) is 6.04 Å². The van der Waals surface area contributed by atoms with Crippen LogP contribution in [0.25, 0.3) is 0 Å². The third-order valence-corrected chi connectivity index (χ3v) is 3.53. The maximum absolute atomic E-state index is 4.61. The van der Waals surface area contributed by atoms with Gasteiger partial charge >= 0.3 is 0 Å². The number of rotatable bonds is 1. The van der Waals surface area contributed by atoms with Gasteiger partial charge in [0.25, 0.3) is 0 Å². The third-order valence-electron chi connectivity index (χ3n) is 2.26. The van der Waals surface area contributed by atoms with Gasteiger partial charge in [-0.15, -0.1) is 11.3 Å². The fraction of sp³-hybridized carbons (Fsp3) is 0.667. The number of aromatic nitrogens is 1. The Morgan fingerprint density at radius 3 is 3.00 bits per heavy atom. The molecule has 0 amide bonds. The largest absolute Gasteiger partial charge is 0.354 e. The molecule has 0 unspecified atom stereocenters. The minimum absolute atomic E-state index is 0.574. The van der Waals surface area contributed by atoms with E-state index in [0.717, 1.165) is 18.1 Å². The first kappa shape index (κ1) is 8.97. The molecule has 1 aliphatic rings. The third kappa shape index (κ3) is 1.69. The molecule has 4 heteroatoms. The summed E-state index contributed by atoms with van der Waals surface area (Å²) < 4.78 is 0. The molecular weight excluding hydrogens is 182 g/mol. The zero-order chi connectivity index (χ0) is 9.42. The van der Waals surface area contributed by atoms with Gasteiger partial charge in [0.2, 0.25) is 0 Å². The molecule has 0 radical (unpaired) electrons. The average Bonchev–Trinajstić information content (AvgIpc) is 2.46. The van der Waals surface area contributed by atoms with Gasteiger partial charge in [0.15, 0.2) is 5.13 Å². The maximum Gasteiger partial charge on any atom is 0.185 e. The molecule has 0 saturated heterocycles. The second kappa shape index (κ2) is 3.27. The van der Waals surface area contributed by atoms with Gasteiger partial charge in [0.05, 0.1) is 5.69 Å². The van der Waals surface area contributed by atoms with E-state index in [1.54, 1.807) is 11.3 Å². The SMILES string of the molecule is C[C@@H]1Cc2nc(N(C)C)sc2CN1. The van der Waals surface area contributed by atoms with Crippen LogP contribution in [-0.2, 0) is 13.0 Å². The monoisotopic (exact) mass is 197 g/mol. The molecule has 0 aromatic carbocycles. The number of thiazole rings is 1. The van der Waals surface area contributed by atoms with Crippen molar-refractivity contribution in [3.8, 4) is 0 Å². The van der Waals surface area contributed by atoms with Crippen molar-refractivity contribution in [3.63, 3.8) is 0 Å². The molecule has 0 fully saturated rings. The molecule has 0 aliphatic carbocycles. The van der Waals surface area contributed by atoms with Crippen LogP contribution in [0.1, 0.15) is 17.5 Å². The maximum atomic E-state index is 4.61. The van der Waals surface area contributed by atoms with Crippen LogP contribution in [0.4, 0.5) is 5.13 Å². The molecule has 1 N–H and O–H groups in total. The lowest BCUT2D eigenvalue weighted by Gasteiger charge is -2.17. The van der Waals surface area contributed by atoms with Crippen molar-refractivity contribution in [3.05, 3.63) is 10.6 Å². The summed E-state index contributed by atoms with van der Waals surface area (Å²) in [6, 6.07) is 0.574. The topological polar surface area (TPSA) is 28.2 Å². The Bertz CT molecular complexity index is 306. The molecule has 13 heavy (non-hydrogen) atoms. The van der Waals surface area contributed by atoms with Crippen LogP contribution in [0.2, 0.25) is 0 Å². The van der Waals surface area contributed by atoms with E-state index >= 15 is 0 Å². The first-order valence-electron chi connectivity index (χ1n) is 4.56. The highest BCUT2D eigenvalue weighted by molar-refractivity contribution is 7.15. The molecule has 1 aliphatic heterocycles. The van der Waals surface area contributed by atoms with Crippen molar-refractivity contribution in [2.75, 3.05) is 19.0 Å². The average molecular weight is 197 g/mol. The van der Waals surface area contributed by atoms with Crippen molar-refractivity contribution < 1.29 is 0 Å². The number of anilines is 1. The van der Waals surface area contributed by atoms with Gasteiger partial charge in [-0.1, -0.05) is 0 Å². The van der Waals surface area contributed by atoms with Crippen LogP contribution in [0.3, 0.4) is 0 Å². The Kier molecular flexibility index (Phi) is 2.26. The standard InChI is InChI=1S/C9H15N3S/c1-6-4-7-8(5-10-6)13-9(11-7)12(2)3/h6,10H,4-5H2,1-3H3/t6-/m1/s1. The fourth-order valence-electron chi connectivity index (χ4n) is 1.49. The minimum Gasteiger partial charge on any atom is -0.354 e. The number of fused-ring (bicyclic) bond motifs is 1. The van der Waals surface area contributed by atoms with Gasteiger partial charge in [0, 0.05) is 38.0 Å². The Labute approximate surface area is 82.8 Å². The molecule has 3 nitrogen and oxygen atoms in total.